The zero-order chi connectivity index (χ0) is 19.8. The molecule has 0 N–H and O–H groups in total. The van der Waals surface area contributed by atoms with E-state index in [1.54, 1.807) is 0 Å². The fourth-order valence-electron chi connectivity index (χ4n) is 4.37. The van der Waals surface area contributed by atoms with Gasteiger partial charge in [0, 0.05) is 0 Å². The highest BCUT2D eigenvalue weighted by Gasteiger charge is 2.52. The Labute approximate surface area is 159 Å². The van der Waals surface area contributed by atoms with Crippen molar-refractivity contribution in [2.75, 3.05) is 0 Å². The first-order valence-electron chi connectivity index (χ1n) is 9.67. The van der Waals surface area contributed by atoms with Crippen LogP contribution in [0.15, 0.2) is 0 Å². The van der Waals surface area contributed by atoms with Crippen LogP contribution in [0.25, 0.3) is 10.8 Å². The second-order valence-electron chi connectivity index (χ2n) is 9.13. The maximum atomic E-state index is 6.42. The molecule has 0 aromatic heterocycles. The van der Waals surface area contributed by atoms with Crippen LogP contribution in [0, 0.1) is 48.5 Å². The SMILES string of the molecule is Cc1c(C)c(C)c2c(C)c(B3OC(C)(C)C(C)(C)O3)c(C)c(C)c2c1C. The molecule has 140 valence electrons. The quantitative estimate of drug-likeness (QED) is 0.649. The van der Waals surface area contributed by atoms with Crippen molar-refractivity contribution in [1.82, 2.24) is 0 Å². The van der Waals surface area contributed by atoms with Gasteiger partial charge in [0.2, 0.25) is 0 Å². The molecule has 1 heterocycles. The van der Waals surface area contributed by atoms with E-state index in [1.807, 2.05) is 0 Å². The molecule has 0 radical (unpaired) electrons. The highest BCUT2D eigenvalue weighted by molar-refractivity contribution is 6.63. The summed E-state index contributed by atoms with van der Waals surface area (Å²) in [5.41, 5.74) is 10.1. The van der Waals surface area contributed by atoms with Crippen LogP contribution in [0.2, 0.25) is 0 Å². The molecular weight excluding hydrogens is 319 g/mol. The van der Waals surface area contributed by atoms with Gasteiger partial charge in [-0.15, -0.1) is 0 Å². The zero-order valence-electron chi connectivity index (χ0n) is 18.4. The van der Waals surface area contributed by atoms with E-state index in [0.717, 1.165) is 0 Å². The summed E-state index contributed by atoms with van der Waals surface area (Å²) >= 11 is 0. The average molecular weight is 352 g/mol. The first kappa shape index (κ1) is 19.4. The first-order valence-corrected chi connectivity index (χ1v) is 9.67. The van der Waals surface area contributed by atoms with Crippen LogP contribution in [0.4, 0.5) is 0 Å². The molecule has 3 rings (SSSR count). The molecule has 2 nitrogen and oxygen atoms in total. The molecule has 0 unspecified atom stereocenters. The fourth-order valence-corrected chi connectivity index (χ4v) is 4.37. The van der Waals surface area contributed by atoms with Crippen molar-refractivity contribution in [3.63, 3.8) is 0 Å². The van der Waals surface area contributed by atoms with Crippen LogP contribution in [-0.4, -0.2) is 18.3 Å². The van der Waals surface area contributed by atoms with Crippen LogP contribution in [0.5, 0.6) is 0 Å². The molecule has 0 saturated carbocycles. The number of hydrogen-bond acceptors (Lipinski definition) is 2. The van der Waals surface area contributed by atoms with Gasteiger partial charge in [0.15, 0.2) is 0 Å². The van der Waals surface area contributed by atoms with Crippen LogP contribution < -0.4 is 5.46 Å². The van der Waals surface area contributed by atoms with Gasteiger partial charge in [-0.2, -0.15) is 0 Å². The van der Waals surface area contributed by atoms with Gasteiger partial charge in [0.25, 0.3) is 0 Å². The van der Waals surface area contributed by atoms with Crippen molar-refractivity contribution >= 4 is 23.4 Å². The molecule has 26 heavy (non-hydrogen) atoms. The molecule has 2 aromatic rings. The number of fused-ring (bicyclic) bond motifs is 1. The summed E-state index contributed by atoms with van der Waals surface area (Å²) in [4.78, 5) is 0. The van der Waals surface area contributed by atoms with Gasteiger partial charge >= 0.3 is 7.12 Å². The lowest BCUT2D eigenvalue weighted by atomic mass is 9.69. The average Bonchev–Trinajstić information content (AvgIpc) is 2.74. The van der Waals surface area contributed by atoms with Gasteiger partial charge < -0.3 is 9.31 Å². The Bertz CT molecular complexity index is 906. The van der Waals surface area contributed by atoms with Crippen molar-refractivity contribution in [2.45, 2.75) is 87.4 Å². The smallest absolute Gasteiger partial charge is 0.399 e. The third kappa shape index (κ3) is 2.47. The summed E-state index contributed by atoms with van der Waals surface area (Å²) < 4.78 is 12.8. The van der Waals surface area contributed by atoms with Crippen LogP contribution in [-0.2, 0) is 9.31 Å². The molecule has 1 aliphatic heterocycles. The van der Waals surface area contributed by atoms with Gasteiger partial charge in [0.05, 0.1) is 11.2 Å². The fraction of sp³-hybridized carbons (Fsp3) is 0.565. The Morgan fingerprint density at radius 2 is 0.846 bits per heavy atom. The third-order valence-corrected chi connectivity index (χ3v) is 7.30. The van der Waals surface area contributed by atoms with Crippen LogP contribution in [0.3, 0.4) is 0 Å². The lowest BCUT2D eigenvalue weighted by Crippen LogP contribution is -2.41. The van der Waals surface area contributed by atoms with E-state index in [0.29, 0.717) is 0 Å². The van der Waals surface area contributed by atoms with Crippen molar-refractivity contribution in [3.8, 4) is 0 Å². The molecule has 0 bridgehead atoms. The summed E-state index contributed by atoms with van der Waals surface area (Å²) in [6, 6.07) is 0. The molecular formula is C23H33BO2. The van der Waals surface area contributed by atoms with E-state index in [1.165, 1.54) is 55.2 Å². The van der Waals surface area contributed by atoms with E-state index in [-0.39, 0.29) is 18.3 Å². The van der Waals surface area contributed by atoms with Gasteiger partial charge in [-0.25, -0.2) is 0 Å². The van der Waals surface area contributed by atoms with Gasteiger partial charge in [0.1, 0.15) is 0 Å². The lowest BCUT2D eigenvalue weighted by molar-refractivity contribution is 0.00578. The molecule has 2 aromatic carbocycles. The minimum Gasteiger partial charge on any atom is -0.399 e. The minimum atomic E-state index is -0.326. The van der Waals surface area contributed by atoms with Crippen molar-refractivity contribution < 1.29 is 9.31 Å². The first-order chi connectivity index (χ1) is 11.8. The largest absolute Gasteiger partial charge is 0.495 e. The predicted molar refractivity (Wildman–Crippen MR) is 113 cm³/mol. The van der Waals surface area contributed by atoms with Gasteiger partial charge in [-0.3, -0.25) is 0 Å². The monoisotopic (exact) mass is 352 g/mol. The highest BCUT2D eigenvalue weighted by atomic mass is 16.7. The summed E-state index contributed by atoms with van der Waals surface area (Å²) in [6.07, 6.45) is 0. The Hall–Kier alpha value is -1.32. The molecule has 1 fully saturated rings. The Kier molecular flexibility index (Phi) is 4.37. The summed E-state index contributed by atoms with van der Waals surface area (Å²) in [6.45, 7) is 24.1. The highest BCUT2D eigenvalue weighted by Crippen LogP contribution is 2.39. The molecule has 3 heteroatoms. The maximum absolute atomic E-state index is 6.42. The molecule has 0 amide bonds. The Morgan fingerprint density at radius 1 is 0.500 bits per heavy atom. The number of hydrogen-bond donors (Lipinski definition) is 0. The molecule has 0 atom stereocenters. The summed E-state index contributed by atoms with van der Waals surface area (Å²) in [5, 5.41) is 2.78. The van der Waals surface area contributed by atoms with E-state index in [2.05, 4.69) is 76.2 Å². The summed E-state index contributed by atoms with van der Waals surface area (Å²) in [7, 11) is -0.315. The van der Waals surface area contributed by atoms with Gasteiger partial charge in [-0.05, 0) is 131 Å². The molecule has 0 spiro atoms. The van der Waals surface area contributed by atoms with Crippen molar-refractivity contribution in [3.05, 3.63) is 38.9 Å². The van der Waals surface area contributed by atoms with E-state index < -0.39 is 0 Å². The third-order valence-electron chi connectivity index (χ3n) is 7.30. The van der Waals surface area contributed by atoms with Crippen molar-refractivity contribution in [2.24, 2.45) is 0 Å². The van der Waals surface area contributed by atoms with E-state index >= 15 is 0 Å². The number of benzene rings is 2. The minimum absolute atomic E-state index is 0.315. The standard InChI is InChI=1S/C23H33BO2/c1-12-13(2)15(4)20-18(7)21(17(6)16(5)19(20)14(12)3)24-25-22(8,9)23(10,11)26-24/h1-11H3. The molecule has 1 saturated heterocycles. The van der Waals surface area contributed by atoms with Crippen molar-refractivity contribution in [1.29, 1.82) is 0 Å². The lowest BCUT2D eigenvalue weighted by Gasteiger charge is -2.32. The van der Waals surface area contributed by atoms with E-state index in [9.17, 15) is 0 Å². The number of rotatable bonds is 1. The second-order valence-corrected chi connectivity index (χ2v) is 9.13. The topological polar surface area (TPSA) is 18.5 Å². The molecule has 1 aliphatic rings. The van der Waals surface area contributed by atoms with Crippen LogP contribution in [0.1, 0.15) is 66.6 Å². The summed E-state index contributed by atoms with van der Waals surface area (Å²) in [5.74, 6) is 0. The van der Waals surface area contributed by atoms with E-state index in [4.69, 9.17) is 9.31 Å². The Balaban J connectivity index is 2.37. The second kappa shape index (κ2) is 5.84. The normalized spacial score (nSPS) is 18.8. The van der Waals surface area contributed by atoms with Gasteiger partial charge in [-0.1, -0.05) is 0 Å². The number of aryl methyl sites for hydroxylation is 4. The molecule has 0 aliphatic carbocycles. The Morgan fingerprint density at radius 3 is 1.27 bits per heavy atom. The zero-order valence-corrected chi connectivity index (χ0v) is 18.4. The predicted octanol–water partition coefficient (Wildman–Crippen LogP) is 5.30. The van der Waals surface area contributed by atoms with Crippen LogP contribution >= 0.6 is 0 Å². The maximum Gasteiger partial charge on any atom is 0.495 e.